The Kier molecular flexibility index (Phi) is 3.80. The second-order valence-electron chi connectivity index (χ2n) is 4.29. The van der Waals surface area contributed by atoms with E-state index in [4.69, 9.17) is 0 Å². The first kappa shape index (κ1) is 12.5. The van der Waals surface area contributed by atoms with Crippen LogP contribution in [-0.2, 0) is 17.1 Å². The van der Waals surface area contributed by atoms with Gasteiger partial charge in [-0.2, -0.15) is 5.10 Å². The first-order valence-corrected chi connectivity index (χ1v) is 7.29. The molecule has 7 heteroatoms. The fraction of sp³-hybridized carbons (Fsp3) is 0.700. The van der Waals surface area contributed by atoms with Gasteiger partial charge >= 0.3 is 0 Å². The second kappa shape index (κ2) is 5.16. The Morgan fingerprint density at radius 1 is 1.59 bits per heavy atom. The number of piperidine rings is 1. The zero-order chi connectivity index (χ0) is 12.3. The van der Waals surface area contributed by atoms with Gasteiger partial charge in [-0.3, -0.25) is 4.68 Å². The van der Waals surface area contributed by atoms with Gasteiger partial charge in [0.25, 0.3) is 10.0 Å². The van der Waals surface area contributed by atoms with Crippen molar-refractivity contribution in [3.8, 4) is 0 Å². The fourth-order valence-corrected chi connectivity index (χ4v) is 3.21. The lowest BCUT2D eigenvalue weighted by atomic mass is 10.1. The summed E-state index contributed by atoms with van der Waals surface area (Å²) < 4.78 is 27.9. The van der Waals surface area contributed by atoms with Crippen LogP contribution in [0.15, 0.2) is 17.3 Å². The van der Waals surface area contributed by atoms with Crippen LogP contribution in [0.5, 0.6) is 0 Å². The molecule has 1 aliphatic heterocycles. The molecule has 1 unspecified atom stereocenters. The predicted octanol–water partition coefficient (Wildman–Crippen LogP) is -0.159. The van der Waals surface area contributed by atoms with Crippen LogP contribution < -0.4 is 10.0 Å². The van der Waals surface area contributed by atoms with Crippen LogP contribution >= 0.6 is 0 Å². The molecule has 0 aromatic carbocycles. The van der Waals surface area contributed by atoms with Crippen molar-refractivity contribution in [1.82, 2.24) is 19.8 Å². The van der Waals surface area contributed by atoms with E-state index in [2.05, 4.69) is 15.1 Å². The van der Waals surface area contributed by atoms with Crippen molar-refractivity contribution in [2.45, 2.75) is 30.3 Å². The molecule has 6 nitrogen and oxygen atoms in total. The first-order chi connectivity index (χ1) is 8.09. The van der Waals surface area contributed by atoms with Crippen molar-refractivity contribution in [3.63, 3.8) is 0 Å². The number of hydrogen-bond donors (Lipinski definition) is 2. The third kappa shape index (κ3) is 3.05. The average Bonchev–Trinajstić information content (AvgIpc) is 2.75. The van der Waals surface area contributed by atoms with Crippen molar-refractivity contribution in [3.05, 3.63) is 12.3 Å². The van der Waals surface area contributed by atoms with Gasteiger partial charge in [0, 0.05) is 19.6 Å². The van der Waals surface area contributed by atoms with Gasteiger partial charge in [-0.15, -0.1) is 0 Å². The van der Waals surface area contributed by atoms with Crippen molar-refractivity contribution in [1.29, 1.82) is 0 Å². The van der Waals surface area contributed by atoms with Crippen LogP contribution in [0, 0.1) is 0 Å². The van der Waals surface area contributed by atoms with Gasteiger partial charge in [-0.1, -0.05) is 6.42 Å². The highest BCUT2D eigenvalue weighted by atomic mass is 32.2. The smallest absolute Gasteiger partial charge is 0.257 e. The van der Waals surface area contributed by atoms with Crippen LogP contribution in [0.25, 0.3) is 0 Å². The molecule has 0 amide bonds. The molecule has 1 aromatic rings. The highest BCUT2D eigenvalue weighted by Gasteiger charge is 2.20. The Hall–Kier alpha value is -0.920. The van der Waals surface area contributed by atoms with Gasteiger partial charge in [-0.25, -0.2) is 13.1 Å². The summed E-state index contributed by atoms with van der Waals surface area (Å²) in [4.78, 5) is 0. The maximum Gasteiger partial charge on any atom is 0.257 e. The number of aromatic nitrogens is 2. The summed E-state index contributed by atoms with van der Waals surface area (Å²) in [6.07, 6.45) is 4.83. The van der Waals surface area contributed by atoms with Crippen molar-refractivity contribution in [2.75, 3.05) is 13.1 Å². The molecule has 2 N–H and O–H groups in total. The van der Waals surface area contributed by atoms with Crippen molar-refractivity contribution in [2.24, 2.45) is 7.05 Å². The zero-order valence-corrected chi connectivity index (χ0v) is 10.7. The number of nitrogens with zero attached hydrogens (tertiary/aromatic N) is 2. The third-order valence-electron chi connectivity index (χ3n) is 2.98. The molecule has 1 atom stereocenters. The molecule has 2 heterocycles. The minimum absolute atomic E-state index is 0.202. The lowest BCUT2D eigenvalue weighted by Gasteiger charge is -2.23. The highest BCUT2D eigenvalue weighted by Crippen LogP contribution is 2.09. The lowest BCUT2D eigenvalue weighted by Crippen LogP contribution is -2.43. The molecule has 0 bridgehead atoms. The van der Waals surface area contributed by atoms with Crippen LogP contribution in [0.1, 0.15) is 19.3 Å². The Bertz CT molecular complexity index is 462. The van der Waals surface area contributed by atoms with Crippen LogP contribution in [0.2, 0.25) is 0 Å². The molecule has 96 valence electrons. The van der Waals surface area contributed by atoms with E-state index >= 15 is 0 Å². The Balaban J connectivity index is 1.96. The maximum absolute atomic E-state index is 12.0. The van der Waals surface area contributed by atoms with E-state index in [1.165, 1.54) is 23.4 Å². The molecular weight excluding hydrogens is 240 g/mol. The quantitative estimate of drug-likeness (QED) is 0.787. The van der Waals surface area contributed by atoms with E-state index in [1.807, 2.05) is 0 Å². The molecule has 1 aromatic heterocycles. The molecule has 1 fully saturated rings. The van der Waals surface area contributed by atoms with E-state index in [1.54, 1.807) is 7.05 Å². The number of sulfonamides is 1. The van der Waals surface area contributed by atoms with Gasteiger partial charge in [0.05, 0.1) is 6.20 Å². The first-order valence-electron chi connectivity index (χ1n) is 5.80. The van der Waals surface area contributed by atoms with Crippen LogP contribution in [0.3, 0.4) is 0 Å². The Labute approximate surface area is 101 Å². The summed E-state index contributed by atoms with van der Waals surface area (Å²) in [7, 11) is -1.82. The lowest BCUT2D eigenvalue weighted by molar-refractivity contribution is 0.397. The minimum atomic E-state index is -3.44. The van der Waals surface area contributed by atoms with Crippen molar-refractivity contribution >= 4 is 10.0 Å². The van der Waals surface area contributed by atoms with Gasteiger partial charge in [0.2, 0.25) is 0 Å². The summed E-state index contributed by atoms with van der Waals surface area (Å²) in [6, 6.07) is 1.74. The second-order valence-corrected chi connectivity index (χ2v) is 6.01. The van der Waals surface area contributed by atoms with Gasteiger partial charge in [0.1, 0.15) is 0 Å². The highest BCUT2D eigenvalue weighted by molar-refractivity contribution is 7.89. The van der Waals surface area contributed by atoms with E-state index in [-0.39, 0.29) is 11.1 Å². The van der Waals surface area contributed by atoms with Gasteiger partial charge < -0.3 is 5.32 Å². The molecule has 17 heavy (non-hydrogen) atoms. The van der Waals surface area contributed by atoms with Gasteiger partial charge in [-0.05, 0) is 25.5 Å². The molecule has 0 spiro atoms. The maximum atomic E-state index is 12.0. The number of nitrogens with one attached hydrogen (secondary N) is 2. The number of hydrogen-bond acceptors (Lipinski definition) is 4. The molecule has 0 saturated carbocycles. The number of aryl methyl sites for hydroxylation is 1. The summed E-state index contributed by atoms with van der Waals surface area (Å²) >= 11 is 0. The largest absolute Gasteiger partial charge is 0.313 e. The molecule has 1 saturated heterocycles. The Morgan fingerprint density at radius 2 is 2.41 bits per heavy atom. The van der Waals surface area contributed by atoms with E-state index in [9.17, 15) is 8.42 Å². The summed E-state index contributed by atoms with van der Waals surface area (Å²) in [5.41, 5.74) is 0. The van der Waals surface area contributed by atoms with E-state index in [0.717, 1.165) is 19.4 Å². The standard InChI is InChI=1S/C10H18N4O2S/c1-14-10(5-7-12-14)17(15,16)13-8-9-4-2-3-6-11-9/h5,7,9,11,13H,2-4,6,8H2,1H3. The third-order valence-corrected chi connectivity index (χ3v) is 4.48. The van der Waals surface area contributed by atoms with Crippen LogP contribution in [-0.4, -0.2) is 37.3 Å². The summed E-state index contributed by atoms with van der Waals surface area (Å²) in [6.45, 7) is 1.41. The molecule has 1 aliphatic rings. The molecule has 0 radical (unpaired) electrons. The average molecular weight is 258 g/mol. The number of rotatable bonds is 4. The van der Waals surface area contributed by atoms with E-state index in [0.29, 0.717) is 6.54 Å². The topological polar surface area (TPSA) is 76.0 Å². The Morgan fingerprint density at radius 3 is 3.00 bits per heavy atom. The SMILES string of the molecule is Cn1nccc1S(=O)(=O)NCC1CCCCN1. The van der Waals surface area contributed by atoms with Gasteiger partial charge in [0.15, 0.2) is 5.03 Å². The summed E-state index contributed by atoms with van der Waals surface area (Å²) in [5.74, 6) is 0. The minimum Gasteiger partial charge on any atom is -0.313 e. The zero-order valence-electron chi connectivity index (χ0n) is 9.89. The van der Waals surface area contributed by atoms with Crippen molar-refractivity contribution < 1.29 is 8.42 Å². The predicted molar refractivity (Wildman–Crippen MR) is 64.0 cm³/mol. The molecule has 2 rings (SSSR count). The summed E-state index contributed by atoms with van der Waals surface area (Å²) in [5, 5.41) is 7.36. The molecular formula is C10H18N4O2S. The monoisotopic (exact) mass is 258 g/mol. The van der Waals surface area contributed by atoms with Crippen LogP contribution in [0.4, 0.5) is 0 Å². The fourth-order valence-electron chi connectivity index (χ4n) is 2.01. The molecule has 0 aliphatic carbocycles. The van der Waals surface area contributed by atoms with E-state index < -0.39 is 10.0 Å². The normalized spacial score (nSPS) is 21.6.